The summed E-state index contributed by atoms with van der Waals surface area (Å²) in [5, 5.41) is 0. The Morgan fingerprint density at radius 3 is 1.09 bits per heavy atom. The fourth-order valence-electron chi connectivity index (χ4n) is 6.16. The van der Waals surface area contributed by atoms with Gasteiger partial charge in [-0.25, -0.2) is 0 Å². The van der Waals surface area contributed by atoms with E-state index >= 15 is 0 Å². The van der Waals surface area contributed by atoms with E-state index < -0.39 is 6.10 Å². The summed E-state index contributed by atoms with van der Waals surface area (Å²) in [4.78, 5) is 38.0. The summed E-state index contributed by atoms with van der Waals surface area (Å²) >= 11 is 0. The van der Waals surface area contributed by atoms with Gasteiger partial charge in [0.2, 0.25) is 0 Å². The van der Waals surface area contributed by atoms with Crippen LogP contribution >= 0.6 is 0 Å². The molecule has 0 N–H and O–H groups in total. The van der Waals surface area contributed by atoms with Gasteiger partial charge in [-0.1, -0.05) is 211 Å². The van der Waals surface area contributed by atoms with E-state index in [4.69, 9.17) is 14.2 Å². The van der Waals surface area contributed by atoms with Gasteiger partial charge in [0.05, 0.1) is 0 Å². The van der Waals surface area contributed by atoms with E-state index in [0.29, 0.717) is 12.8 Å². The molecule has 0 spiro atoms. The molecule has 0 saturated carbocycles. The summed E-state index contributed by atoms with van der Waals surface area (Å²) in [5.74, 6) is -1.06. The maximum absolute atomic E-state index is 12.8. The first-order valence-corrected chi connectivity index (χ1v) is 25.6. The lowest BCUT2D eigenvalue weighted by Crippen LogP contribution is -2.30. The number of carbonyl (C=O) groups excluding carboxylic acids is 3. The van der Waals surface area contributed by atoms with Crippen molar-refractivity contribution >= 4 is 17.9 Å². The molecule has 0 aliphatic rings. The van der Waals surface area contributed by atoms with Crippen LogP contribution in [0.3, 0.4) is 0 Å². The zero-order valence-corrected chi connectivity index (χ0v) is 41.6. The van der Waals surface area contributed by atoms with Crippen LogP contribution in [0.2, 0.25) is 0 Å². The van der Waals surface area contributed by atoms with E-state index in [1.165, 1.54) is 12.8 Å². The lowest BCUT2D eigenvalue weighted by atomic mass is 10.1. The van der Waals surface area contributed by atoms with Crippen LogP contribution in [0.1, 0.15) is 181 Å². The number of rotatable bonds is 43. The number of carbonyl (C=O) groups is 3. The average molecular weight is 907 g/mol. The molecule has 0 fully saturated rings. The molecule has 0 aromatic carbocycles. The van der Waals surface area contributed by atoms with E-state index in [9.17, 15) is 14.4 Å². The van der Waals surface area contributed by atoms with Crippen LogP contribution in [0.15, 0.2) is 158 Å². The molecule has 0 bridgehead atoms. The van der Waals surface area contributed by atoms with Crippen LogP contribution in [0.4, 0.5) is 0 Å². The number of unbranched alkanes of at least 4 members (excludes halogenated alkanes) is 10. The van der Waals surface area contributed by atoms with Gasteiger partial charge in [0.25, 0.3) is 0 Å². The molecule has 0 aromatic heterocycles. The molecule has 66 heavy (non-hydrogen) atoms. The maximum atomic E-state index is 12.8. The Hall–Kier alpha value is -4.97. The van der Waals surface area contributed by atoms with E-state index in [1.54, 1.807) is 0 Å². The molecule has 0 amide bonds. The van der Waals surface area contributed by atoms with Gasteiger partial charge in [-0.15, -0.1) is 0 Å². The second-order valence-electron chi connectivity index (χ2n) is 16.1. The van der Waals surface area contributed by atoms with Crippen molar-refractivity contribution in [1.29, 1.82) is 0 Å². The van der Waals surface area contributed by atoms with E-state index in [0.717, 1.165) is 122 Å². The van der Waals surface area contributed by atoms with Crippen LogP contribution in [0.25, 0.3) is 0 Å². The number of esters is 3. The quantitative estimate of drug-likeness (QED) is 0.0199. The molecule has 0 aromatic rings. The number of hydrogen-bond donors (Lipinski definition) is 0. The molecule has 6 nitrogen and oxygen atoms in total. The van der Waals surface area contributed by atoms with Gasteiger partial charge in [-0.2, -0.15) is 0 Å². The van der Waals surface area contributed by atoms with Gasteiger partial charge in [0, 0.05) is 19.3 Å². The minimum atomic E-state index is -0.835. The Morgan fingerprint density at radius 1 is 0.318 bits per heavy atom. The normalized spacial score (nSPS) is 13.4. The third-order valence-electron chi connectivity index (χ3n) is 9.89. The third-order valence-corrected chi connectivity index (χ3v) is 9.89. The maximum Gasteiger partial charge on any atom is 0.306 e. The van der Waals surface area contributed by atoms with Crippen LogP contribution in [-0.2, 0) is 28.6 Å². The van der Waals surface area contributed by atoms with E-state index in [-0.39, 0.29) is 44.0 Å². The highest BCUT2D eigenvalue weighted by Gasteiger charge is 2.19. The Bertz CT molecular complexity index is 1560. The van der Waals surface area contributed by atoms with E-state index in [2.05, 4.69) is 124 Å². The Morgan fingerprint density at radius 2 is 0.636 bits per heavy atom. The van der Waals surface area contributed by atoms with Gasteiger partial charge >= 0.3 is 17.9 Å². The summed E-state index contributed by atoms with van der Waals surface area (Å²) in [6.45, 7) is 6.13. The fraction of sp³-hybridized carbons (Fsp3) is 0.517. The Kier molecular flexibility index (Phi) is 48.7. The van der Waals surface area contributed by atoms with Gasteiger partial charge in [-0.05, 0) is 109 Å². The predicted octanol–water partition coefficient (Wildman–Crippen LogP) is 17.0. The molecule has 0 aliphatic carbocycles. The van der Waals surface area contributed by atoms with Crippen molar-refractivity contribution in [2.45, 2.75) is 187 Å². The molecular weight excluding hydrogens is 817 g/mol. The monoisotopic (exact) mass is 907 g/mol. The van der Waals surface area contributed by atoms with Crippen molar-refractivity contribution in [2.24, 2.45) is 0 Å². The summed E-state index contributed by atoms with van der Waals surface area (Å²) in [6, 6.07) is 0. The highest BCUT2D eigenvalue weighted by molar-refractivity contribution is 5.71. The van der Waals surface area contributed by atoms with Crippen LogP contribution < -0.4 is 0 Å². The standard InChI is InChI=1S/C60H90O6/c1-4-7-10-13-16-19-22-25-27-29-30-31-33-35-38-41-44-47-50-53-59(62)65-56-57(55-64-58(61)52-49-46-43-40-37-34-24-21-18-15-12-9-6-3)66-60(63)54-51-48-45-42-39-36-32-28-26-23-20-17-14-11-8-5-2/h7-12,15-21,24-28,30-31,34-35,37-38,40,43,57H,4-6,13-14,22-23,29,32-33,36,39,41-42,44-56H2,1-3H3/b10-7-,11-8-,12-9-,18-15-,19-16-,20-17-,24-21-,27-25-,28-26-,31-30-,37-34-,38-35-,43-40-. The van der Waals surface area contributed by atoms with Gasteiger partial charge in [-0.3, -0.25) is 14.4 Å². The van der Waals surface area contributed by atoms with E-state index in [1.807, 2.05) is 54.7 Å². The minimum absolute atomic E-state index is 0.131. The molecule has 0 radical (unpaired) electrons. The van der Waals surface area contributed by atoms with Crippen molar-refractivity contribution in [3.63, 3.8) is 0 Å². The largest absolute Gasteiger partial charge is 0.462 e. The fourth-order valence-corrected chi connectivity index (χ4v) is 6.16. The predicted molar refractivity (Wildman–Crippen MR) is 283 cm³/mol. The minimum Gasteiger partial charge on any atom is -0.462 e. The van der Waals surface area contributed by atoms with Crippen LogP contribution in [0, 0.1) is 0 Å². The molecule has 1 atom stereocenters. The number of hydrogen-bond acceptors (Lipinski definition) is 6. The first-order chi connectivity index (χ1) is 32.5. The third kappa shape index (κ3) is 50.0. The van der Waals surface area contributed by atoms with Crippen molar-refractivity contribution in [3.8, 4) is 0 Å². The summed E-state index contributed by atoms with van der Waals surface area (Å²) in [7, 11) is 0. The number of ether oxygens (including phenoxy) is 3. The molecule has 366 valence electrons. The summed E-state index contributed by atoms with van der Waals surface area (Å²) < 4.78 is 16.7. The SMILES string of the molecule is CC\C=C/C=C\C=C/C=C\C=C/CCCC(=O)OCC(COC(=O)CCCCC/C=C\C/C=C\C/C=C\C/C=C\C/C=C\CC)OC(=O)CCCCCCCC/C=C\C/C=C\C/C=C\CC. The van der Waals surface area contributed by atoms with Crippen molar-refractivity contribution in [2.75, 3.05) is 13.2 Å². The lowest BCUT2D eigenvalue weighted by Gasteiger charge is -2.18. The Labute approximate surface area is 403 Å². The van der Waals surface area contributed by atoms with Crippen LogP contribution in [-0.4, -0.2) is 37.2 Å². The van der Waals surface area contributed by atoms with Crippen molar-refractivity contribution in [3.05, 3.63) is 158 Å². The Balaban J connectivity index is 4.59. The lowest BCUT2D eigenvalue weighted by molar-refractivity contribution is -0.167. The molecule has 6 heteroatoms. The zero-order valence-electron chi connectivity index (χ0n) is 41.6. The summed E-state index contributed by atoms with van der Waals surface area (Å²) in [6.07, 6.45) is 76.6. The zero-order chi connectivity index (χ0) is 47.9. The molecule has 0 saturated heterocycles. The smallest absolute Gasteiger partial charge is 0.306 e. The molecular formula is C60H90O6. The van der Waals surface area contributed by atoms with Crippen molar-refractivity contribution in [1.82, 2.24) is 0 Å². The van der Waals surface area contributed by atoms with Gasteiger partial charge in [0.15, 0.2) is 6.10 Å². The number of allylic oxidation sites excluding steroid dienone is 26. The average Bonchev–Trinajstić information content (AvgIpc) is 3.31. The molecule has 1 unspecified atom stereocenters. The second kappa shape index (κ2) is 52.7. The van der Waals surface area contributed by atoms with Crippen molar-refractivity contribution < 1.29 is 28.6 Å². The topological polar surface area (TPSA) is 78.9 Å². The first-order valence-electron chi connectivity index (χ1n) is 25.6. The molecule has 0 aliphatic heterocycles. The first kappa shape index (κ1) is 61.0. The highest BCUT2D eigenvalue weighted by Crippen LogP contribution is 2.12. The highest BCUT2D eigenvalue weighted by atomic mass is 16.6. The molecule has 0 rings (SSSR count). The second-order valence-corrected chi connectivity index (χ2v) is 16.1. The van der Waals surface area contributed by atoms with Gasteiger partial charge < -0.3 is 14.2 Å². The van der Waals surface area contributed by atoms with Crippen LogP contribution in [0.5, 0.6) is 0 Å². The van der Waals surface area contributed by atoms with Gasteiger partial charge in [0.1, 0.15) is 13.2 Å². The summed E-state index contributed by atoms with van der Waals surface area (Å²) in [5.41, 5.74) is 0. The molecule has 0 heterocycles.